The van der Waals surface area contributed by atoms with Crippen molar-refractivity contribution in [2.45, 2.75) is 32.6 Å². The van der Waals surface area contributed by atoms with Gasteiger partial charge in [-0.15, -0.1) is 22.7 Å². The molecule has 45 heavy (non-hydrogen) atoms. The number of methoxy groups -OCH3 is 2. The number of fused-ring (bicyclic) bond motifs is 2. The number of carboxylic acids is 2. The maximum Gasteiger partial charge on any atom is 0.307 e. The molecule has 0 radical (unpaired) electrons. The predicted molar refractivity (Wildman–Crippen MR) is 166 cm³/mol. The Balaban J connectivity index is 1.23. The van der Waals surface area contributed by atoms with E-state index < -0.39 is 35.5 Å². The first kappa shape index (κ1) is 32.2. The third kappa shape index (κ3) is 6.59. The molecular weight excluding hydrogens is 627 g/mol. The van der Waals surface area contributed by atoms with Crippen molar-refractivity contribution in [3.05, 3.63) is 45.9 Å². The molecule has 0 aliphatic heterocycles. The fourth-order valence-corrected chi connectivity index (χ4v) is 7.25. The fraction of sp³-hybridized carbons (Fsp3) is 0.375. The number of carboxylic acid groups (broad SMARTS) is 2. The Bertz CT molecular complexity index is 1790. The van der Waals surface area contributed by atoms with E-state index in [4.69, 9.17) is 24.1 Å². The number of carbonyl (C=O) groups excluding carboxylic acids is 2. The van der Waals surface area contributed by atoms with Crippen LogP contribution in [0.4, 0.5) is 4.39 Å². The number of hydrogen-bond donors (Lipinski definition) is 2. The summed E-state index contributed by atoms with van der Waals surface area (Å²) in [6, 6.07) is 8.26. The Morgan fingerprint density at radius 3 is 2.18 bits per heavy atom. The maximum absolute atomic E-state index is 15.6. The maximum atomic E-state index is 15.6. The number of aliphatic carboxylic acids is 2. The van der Waals surface area contributed by atoms with Gasteiger partial charge in [-0.25, -0.2) is 4.39 Å². The van der Waals surface area contributed by atoms with Gasteiger partial charge in [0.05, 0.1) is 49.0 Å². The summed E-state index contributed by atoms with van der Waals surface area (Å²) in [5.41, 5.74) is 0. The van der Waals surface area contributed by atoms with Gasteiger partial charge in [0.25, 0.3) is 0 Å². The Labute approximate surface area is 265 Å². The normalized spacial score (nSPS) is 16.6. The summed E-state index contributed by atoms with van der Waals surface area (Å²) in [5, 5.41) is 19.4. The van der Waals surface area contributed by atoms with Crippen LogP contribution in [0.3, 0.4) is 0 Å². The molecule has 2 N–H and O–H groups in total. The van der Waals surface area contributed by atoms with Crippen molar-refractivity contribution in [3.8, 4) is 23.0 Å². The molecule has 1 fully saturated rings. The number of ketones is 2. The number of benzene rings is 2. The molecular formula is C32H31FO10S2. The molecule has 1 saturated carbocycles. The van der Waals surface area contributed by atoms with Crippen LogP contribution in [-0.2, 0) is 9.59 Å². The quantitative estimate of drug-likeness (QED) is 0.104. The van der Waals surface area contributed by atoms with E-state index in [1.165, 1.54) is 38.5 Å². The molecule has 1 aliphatic rings. The number of rotatable bonds is 15. The van der Waals surface area contributed by atoms with Gasteiger partial charge in [0.1, 0.15) is 0 Å². The molecule has 13 heteroatoms. The largest absolute Gasteiger partial charge is 0.493 e. The highest BCUT2D eigenvalue weighted by Crippen LogP contribution is 2.43. The highest BCUT2D eigenvalue weighted by Gasteiger charge is 2.42. The van der Waals surface area contributed by atoms with Gasteiger partial charge in [-0.05, 0) is 36.4 Å². The summed E-state index contributed by atoms with van der Waals surface area (Å²) in [6.45, 7) is 1.77. The molecule has 0 spiro atoms. The minimum Gasteiger partial charge on any atom is -0.493 e. The summed E-state index contributed by atoms with van der Waals surface area (Å²) in [4.78, 5) is 48.8. The van der Waals surface area contributed by atoms with Gasteiger partial charge in [-0.3, -0.25) is 19.2 Å². The summed E-state index contributed by atoms with van der Waals surface area (Å²) < 4.78 is 39.4. The van der Waals surface area contributed by atoms with Crippen LogP contribution in [0.2, 0.25) is 0 Å². The Morgan fingerprint density at radius 1 is 0.867 bits per heavy atom. The Hall–Kier alpha value is -4.23. The average molecular weight is 659 g/mol. The number of thiophene rings is 2. The molecule has 238 valence electrons. The summed E-state index contributed by atoms with van der Waals surface area (Å²) in [5.74, 6) is -4.36. The van der Waals surface area contributed by atoms with Crippen molar-refractivity contribution >= 4 is 66.4 Å². The van der Waals surface area contributed by atoms with Crippen molar-refractivity contribution in [3.63, 3.8) is 0 Å². The number of carbonyl (C=O) groups is 4. The Morgan fingerprint density at radius 2 is 1.53 bits per heavy atom. The third-order valence-electron chi connectivity index (χ3n) is 7.86. The molecule has 2 heterocycles. The van der Waals surface area contributed by atoms with Crippen LogP contribution >= 0.6 is 22.7 Å². The highest BCUT2D eigenvalue weighted by atomic mass is 32.1. The van der Waals surface area contributed by atoms with Gasteiger partial charge in [0.2, 0.25) is 0 Å². The highest BCUT2D eigenvalue weighted by molar-refractivity contribution is 7.21. The number of ether oxygens (including phenoxy) is 4. The van der Waals surface area contributed by atoms with Gasteiger partial charge < -0.3 is 29.2 Å². The number of halogens is 1. The van der Waals surface area contributed by atoms with Crippen LogP contribution in [0, 0.1) is 23.6 Å². The van der Waals surface area contributed by atoms with E-state index in [9.17, 15) is 24.3 Å². The van der Waals surface area contributed by atoms with Crippen LogP contribution in [0.5, 0.6) is 23.0 Å². The molecule has 4 aromatic rings. The lowest BCUT2D eigenvalue weighted by Gasteiger charge is -2.31. The molecule has 5 rings (SSSR count). The number of Topliss-reactive ketones (excluding diaryl/α,β-unsaturated/α-hetero) is 2. The number of hydrogen-bond acceptors (Lipinski definition) is 10. The molecule has 2 aromatic carbocycles. The second-order valence-corrected chi connectivity index (χ2v) is 13.0. The molecule has 3 atom stereocenters. The monoisotopic (exact) mass is 658 g/mol. The van der Waals surface area contributed by atoms with Crippen LogP contribution in [0.25, 0.3) is 20.2 Å². The van der Waals surface area contributed by atoms with Gasteiger partial charge in [-0.2, -0.15) is 0 Å². The average Bonchev–Trinajstić information content (AvgIpc) is 3.60. The fourth-order valence-electron chi connectivity index (χ4n) is 5.14. The molecule has 10 nitrogen and oxygen atoms in total. The smallest absolute Gasteiger partial charge is 0.307 e. The SMILES string of the molecule is COc1cc2cc(C(=O)C[C@H](C)C(=O)O)sc2cc1OCCCOc1c(OC)cc2sc(C(=O)[C@@H]3CC[C@H]3C(=O)O)cc2c1F. The van der Waals surface area contributed by atoms with Crippen molar-refractivity contribution in [1.82, 2.24) is 0 Å². The van der Waals surface area contributed by atoms with Crippen molar-refractivity contribution in [1.29, 1.82) is 0 Å². The molecule has 2 aromatic heterocycles. The Kier molecular flexibility index (Phi) is 9.59. The predicted octanol–water partition coefficient (Wildman–Crippen LogP) is 6.71. The first-order valence-electron chi connectivity index (χ1n) is 14.2. The zero-order chi connectivity index (χ0) is 32.4. The molecule has 0 saturated heterocycles. The summed E-state index contributed by atoms with van der Waals surface area (Å²) in [7, 11) is 2.89. The van der Waals surface area contributed by atoms with Gasteiger partial charge in [-0.1, -0.05) is 6.92 Å². The zero-order valence-electron chi connectivity index (χ0n) is 24.7. The van der Waals surface area contributed by atoms with E-state index >= 15 is 4.39 Å². The third-order valence-corrected chi connectivity index (χ3v) is 10.1. The minimum atomic E-state index is -1.03. The lowest BCUT2D eigenvalue weighted by atomic mass is 9.71. The second kappa shape index (κ2) is 13.4. The molecule has 0 amide bonds. The molecule has 0 bridgehead atoms. The van der Waals surface area contributed by atoms with Gasteiger partial charge >= 0.3 is 11.9 Å². The second-order valence-electron chi connectivity index (χ2n) is 10.8. The first-order valence-corrected chi connectivity index (χ1v) is 15.9. The van der Waals surface area contributed by atoms with E-state index in [0.29, 0.717) is 45.2 Å². The van der Waals surface area contributed by atoms with Crippen molar-refractivity contribution in [2.75, 3.05) is 27.4 Å². The lowest BCUT2D eigenvalue weighted by molar-refractivity contribution is -0.146. The van der Waals surface area contributed by atoms with Crippen molar-refractivity contribution in [2.24, 2.45) is 17.8 Å². The van der Waals surface area contributed by atoms with E-state index in [0.717, 1.165) is 21.4 Å². The lowest BCUT2D eigenvalue weighted by Crippen LogP contribution is -2.37. The van der Waals surface area contributed by atoms with Gasteiger partial charge in [0, 0.05) is 45.7 Å². The van der Waals surface area contributed by atoms with E-state index in [2.05, 4.69) is 0 Å². The van der Waals surface area contributed by atoms with Crippen LogP contribution < -0.4 is 18.9 Å². The van der Waals surface area contributed by atoms with Crippen LogP contribution in [-0.4, -0.2) is 61.2 Å². The minimum absolute atomic E-state index is 0.0844. The van der Waals surface area contributed by atoms with Gasteiger partial charge in [0.15, 0.2) is 40.4 Å². The zero-order valence-corrected chi connectivity index (χ0v) is 26.3. The van der Waals surface area contributed by atoms with Crippen LogP contribution in [0.1, 0.15) is 52.0 Å². The standard InChI is InChI=1S/C32H31FO10S2/c1-15(31(36)37)9-20(34)26-11-16-10-21(40-2)22(13-24(16)44-26)42-7-4-8-43-30-23(41-3)14-25-19(28(30)33)12-27(45-25)29(35)17-5-6-18(17)32(38)39/h10-15,17-18H,4-9H2,1-3H3,(H,36,37)(H,38,39)/t15-,17+,18+/m0/s1. The van der Waals surface area contributed by atoms with E-state index in [1.807, 2.05) is 0 Å². The van der Waals surface area contributed by atoms with E-state index in [-0.39, 0.29) is 48.1 Å². The van der Waals surface area contributed by atoms with Crippen LogP contribution in [0.15, 0.2) is 30.3 Å². The summed E-state index contributed by atoms with van der Waals surface area (Å²) in [6.07, 6.45) is 1.22. The topological polar surface area (TPSA) is 146 Å². The van der Waals surface area contributed by atoms with Crippen molar-refractivity contribution < 1.29 is 52.7 Å². The molecule has 0 unspecified atom stereocenters. The summed E-state index contributed by atoms with van der Waals surface area (Å²) >= 11 is 2.34. The molecule has 1 aliphatic carbocycles. The van der Waals surface area contributed by atoms with E-state index in [1.54, 1.807) is 24.3 Å². The first-order chi connectivity index (χ1) is 21.5.